The van der Waals surface area contributed by atoms with E-state index in [0.717, 1.165) is 21.8 Å². The molecule has 0 aliphatic rings. The van der Waals surface area contributed by atoms with Crippen molar-refractivity contribution in [1.29, 1.82) is 0 Å². The van der Waals surface area contributed by atoms with Crippen molar-refractivity contribution >= 4 is 46.1 Å². The molecule has 0 atom stereocenters. The Labute approximate surface area is 134 Å². The van der Waals surface area contributed by atoms with Crippen LogP contribution in [0.3, 0.4) is 0 Å². The summed E-state index contributed by atoms with van der Waals surface area (Å²) in [4.78, 5) is 2.38. The molecule has 0 fully saturated rings. The molecule has 0 aliphatic heterocycles. The van der Waals surface area contributed by atoms with Gasteiger partial charge in [0.05, 0.1) is 0 Å². The minimum Gasteiger partial charge on any atom is -0.389 e. The summed E-state index contributed by atoms with van der Waals surface area (Å²) >= 11 is 17.3. The minimum atomic E-state index is 0.350. The summed E-state index contributed by atoms with van der Waals surface area (Å²) in [5, 5.41) is 1.38. The van der Waals surface area contributed by atoms with E-state index in [2.05, 4.69) is 0 Å². The first kappa shape index (κ1) is 15.1. The molecule has 2 nitrogen and oxygen atoms in total. The van der Waals surface area contributed by atoms with Crippen LogP contribution in [-0.2, 0) is 6.54 Å². The summed E-state index contributed by atoms with van der Waals surface area (Å²) in [5.41, 5.74) is 8.49. The SMILES string of the molecule is CN(Cc1ccccc1Cl)c1cc(Cl)ccc1C(N)=S. The third-order valence-electron chi connectivity index (χ3n) is 3.00. The van der Waals surface area contributed by atoms with E-state index in [1.54, 1.807) is 6.07 Å². The van der Waals surface area contributed by atoms with Gasteiger partial charge >= 0.3 is 0 Å². The van der Waals surface area contributed by atoms with Crippen molar-refractivity contribution in [2.45, 2.75) is 6.54 Å². The Hall–Kier alpha value is -1.29. The zero-order valence-corrected chi connectivity index (χ0v) is 13.3. The van der Waals surface area contributed by atoms with Crippen LogP contribution >= 0.6 is 35.4 Å². The predicted octanol–water partition coefficient (Wildman–Crippen LogP) is 4.26. The number of rotatable bonds is 4. The Kier molecular flexibility index (Phi) is 4.86. The minimum absolute atomic E-state index is 0.350. The van der Waals surface area contributed by atoms with Crippen LogP contribution in [0.15, 0.2) is 42.5 Å². The summed E-state index contributed by atoms with van der Waals surface area (Å²) in [6.45, 7) is 0.648. The van der Waals surface area contributed by atoms with Gasteiger partial charge in [0.2, 0.25) is 0 Å². The summed E-state index contributed by atoms with van der Waals surface area (Å²) < 4.78 is 0. The van der Waals surface area contributed by atoms with Gasteiger partial charge < -0.3 is 10.6 Å². The van der Waals surface area contributed by atoms with E-state index in [0.29, 0.717) is 16.6 Å². The van der Waals surface area contributed by atoms with Crippen LogP contribution in [0.2, 0.25) is 10.0 Å². The molecule has 0 unspecified atom stereocenters. The monoisotopic (exact) mass is 324 g/mol. The van der Waals surface area contributed by atoms with Gasteiger partial charge in [-0.1, -0.05) is 53.6 Å². The topological polar surface area (TPSA) is 29.3 Å². The van der Waals surface area contributed by atoms with Gasteiger partial charge in [-0.15, -0.1) is 0 Å². The zero-order valence-electron chi connectivity index (χ0n) is 10.9. The second-order valence-electron chi connectivity index (χ2n) is 4.47. The van der Waals surface area contributed by atoms with Crippen molar-refractivity contribution in [3.05, 3.63) is 63.6 Å². The first-order chi connectivity index (χ1) is 9.49. The Morgan fingerprint density at radius 2 is 1.90 bits per heavy atom. The second kappa shape index (κ2) is 6.44. The van der Waals surface area contributed by atoms with Crippen molar-refractivity contribution in [2.24, 2.45) is 5.73 Å². The molecule has 0 saturated carbocycles. The number of hydrogen-bond acceptors (Lipinski definition) is 2. The van der Waals surface area contributed by atoms with Gasteiger partial charge in [-0.05, 0) is 29.8 Å². The lowest BCUT2D eigenvalue weighted by atomic mass is 10.1. The van der Waals surface area contributed by atoms with E-state index >= 15 is 0 Å². The molecule has 2 aromatic carbocycles. The summed E-state index contributed by atoms with van der Waals surface area (Å²) in [7, 11) is 1.96. The Morgan fingerprint density at radius 1 is 1.20 bits per heavy atom. The van der Waals surface area contributed by atoms with Crippen LogP contribution in [0.25, 0.3) is 0 Å². The van der Waals surface area contributed by atoms with Crippen LogP contribution < -0.4 is 10.6 Å². The number of thiocarbonyl (C=S) groups is 1. The highest BCUT2D eigenvalue weighted by Crippen LogP contribution is 2.26. The molecular formula is C15H14Cl2N2S. The highest BCUT2D eigenvalue weighted by atomic mass is 35.5. The average Bonchev–Trinajstić information content (AvgIpc) is 2.40. The normalized spacial score (nSPS) is 10.3. The van der Waals surface area contributed by atoms with Gasteiger partial charge in [0.15, 0.2) is 0 Å². The first-order valence-electron chi connectivity index (χ1n) is 6.03. The second-order valence-corrected chi connectivity index (χ2v) is 5.76. The lowest BCUT2D eigenvalue weighted by molar-refractivity contribution is 0.922. The number of nitrogens with zero attached hydrogens (tertiary/aromatic N) is 1. The molecule has 0 spiro atoms. The third-order valence-corrected chi connectivity index (χ3v) is 3.83. The van der Waals surface area contributed by atoms with Crippen molar-refractivity contribution in [3.63, 3.8) is 0 Å². The fourth-order valence-corrected chi connectivity index (χ4v) is 2.53. The smallest absolute Gasteiger partial charge is 0.106 e. The molecular weight excluding hydrogens is 311 g/mol. The van der Waals surface area contributed by atoms with E-state index in [1.807, 2.05) is 48.3 Å². The van der Waals surface area contributed by atoms with E-state index < -0.39 is 0 Å². The van der Waals surface area contributed by atoms with Crippen LogP contribution in [0.4, 0.5) is 5.69 Å². The summed E-state index contributed by atoms with van der Waals surface area (Å²) in [5.74, 6) is 0. The molecule has 0 saturated heterocycles. The number of anilines is 1. The van der Waals surface area contributed by atoms with E-state index in [1.165, 1.54) is 0 Å². The van der Waals surface area contributed by atoms with Gasteiger partial charge in [-0.3, -0.25) is 0 Å². The summed E-state index contributed by atoms with van der Waals surface area (Å²) in [6.07, 6.45) is 0. The number of hydrogen-bond donors (Lipinski definition) is 1. The maximum absolute atomic E-state index is 6.19. The maximum atomic E-state index is 6.19. The molecule has 20 heavy (non-hydrogen) atoms. The predicted molar refractivity (Wildman–Crippen MR) is 90.9 cm³/mol. The molecule has 0 aromatic heterocycles. The van der Waals surface area contributed by atoms with Crippen molar-refractivity contribution in [1.82, 2.24) is 0 Å². The van der Waals surface area contributed by atoms with Crippen LogP contribution in [0.5, 0.6) is 0 Å². The fraction of sp³-hybridized carbons (Fsp3) is 0.133. The van der Waals surface area contributed by atoms with Gasteiger partial charge in [-0.2, -0.15) is 0 Å². The Balaban J connectivity index is 2.34. The number of nitrogens with two attached hydrogens (primary N) is 1. The van der Waals surface area contributed by atoms with Gasteiger partial charge in [0, 0.05) is 34.9 Å². The molecule has 104 valence electrons. The largest absolute Gasteiger partial charge is 0.389 e. The highest BCUT2D eigenvalue weighted by molar-refractivity contribution is 7.80. The Morgan fingerprint density at radius 3 is 2.55 bits per heavy atom. The van der Waals surface area contributed by atoms with Crippen LogP contribution in [0.1, 0.15) is 11.1 Å². The van der Waals surface area contributed by atoms with E-state index in [9.17, 15) is 0 Å². The summed E-state index contributed by atoms with van der Waals surface area (Å²) in [6, 6.07) is 13.2. The molecule has 0 radical (unpaired) electrons. The van der Waals surface area contributed by atoms with Gasteiger partial charge in [0.1, 0.15) is 4.99 Å². The number of halogens is 2. The van der Waals surface area contributed by atoms with E-state index in [4.69, 9.17) is 41.2 Å². The zero-order chi connectivity index (χ0) is 14.7. The van der Waals surface area contributed by atoms with E-state index in [-0.39, 0.29) is 0 Å². The quantitative estimate of drug-likeness (QED) is 0.852. The van der Waals surface area contributed by atoms with Crippen molar-refractivity contribution < 1.29 is 0 Å². The Bertz CT molecular complexity index is 644. The molecule has 0 heterocycles. The average molecular weight is 325 g/mol. The molecule has 2 aromatic rings. The lowest BCUT2D eigenvalue weighted by Gasteiger charge is -2.23. The molecule has 2 N–H and O–H groups in total. The fourth-order valence-electron chi connectivity index (χ4n) is 2.00. The van der Waals surface area contributed by atoms with Crippen LogP contribution in [-0.4, -0.2) is 12.0 Å². The molecule has 5 heteroatoms. The van der Waals surface area contributed by atoms with Gasteiger partial charge in [0.25, 0.3) is 0 Å². The third kappa shape index (κ3) is 3.42. The highest BCUT2D eigenvalue weighted by Gasteiger charge is 2.12. The molecule has 0 aliphatic carbocycles. The van der Waals surface area contributed by atoms with Crippen molar-refractivity contribution in [2.75, 3.05) is 11.9 Å². The van der Waals surface area contributed by atoms with Crippen LogP contribution in [0, 0.1) is 0 Å². The molecule has 2 rings (SSSR count). The molecule has 0 bridgehead atoms. The standard InChI is InChI=1S/C15H14Cl2N2S/c1-19(9-10-4-2-3-5-13(10)17)14-8-11(16)6-7-12(14)15(18)20/h2-8H,9H2,1H3,(H2,18,20). The lowest BCUT2D eigenvalue weighted by Crippen LogP contribution is -2.21. The number of benzene rings is 2. The van der Waals surface area contributed by atoms with Crippen molar-refractivity contribution in [3.8, 4) is 0 Å². The maximum Gasteiger partial charge on any atom is 0.106 e. The first-order valence-corrected chi connectivity index (χ1v) is 7.19. The van der Waals surface area contributed by atoms with Gasteiger partial charge in [-0.25, -0.2) is 0 Å². The molecule has 0 amide bonds.